The van der Waals surface area contributed by atoms with Gasteiger partial charge in [0.2, 0.25) is 5.91 Å². The van der Waals surface area contributed by atoms with E-state index in [2.05, 4.69) is 40.3 Å². The zero-order valence-electron chi connectivity index (χ0n) is 14.9. The number of benzene rings is 1. The zero-order valence-corrected chi connectivity index (χ0v) is 15.7. The van der Waals surface area contributed by atoms with Crippen molar-refractivity contribution < 1.29 is 4.79 Å². The molecule has 2 aliphatic rings. The maximum atomic E-state index is 12.4. The molecule has 1 amide bonds. The van der Waals surface area contributed by atoms with Crippen LogP contribution in [-0.4, -0.2) is 53.9 Å². The van der Waals surface area contributed by atoms with Crippen LogP contribution in [0.15, 0.2) is 30.3 Å². The summed E-state index contributed by atoms with van der Waals surface area (Å²) in [6.45, 7) is 5.39. The van der Waals surface area contributed by atoms with Crippen molar-refractivity contribution in [3.63, 3.8) is 0 Å². The van der Waals surface area contributed by atoms with Gasteiger partial charge in [0, 0.05) is 19.5 Å². The van der Waals surface area contributed by atoms with Gasteiger partial charge in [-0.2, -0.15) is 11.8 Å². The summed E-state index contributed by atoms with van der Waals surface area (Å²) >= 11 is 1.94. The molecule has 0 aliphatic carbocycles. The first-order valence-corrected chi connectivity index (χ1v) is 10.6. The Balaban J connectivity index is 1.54. The summed E-state index contributed by atoms with van der Waals surface area (Å²) in [5.41, 5.74) is 1.62. The molecule has 0 aromatic heterocycles. The minimum Gasteiger partial charge on any atom is -0.338 e. The van der Waals surface area contributed by atoms with E-state index < -0.39 is 0 Å². The fraction of sp³-hybridized carbons (Fsp3) is 0.650. The Bertz CT molecular complexity index is 526. The third kappa shape index (κ3) is 4.54. The summed E-state index contributed by atoms with van der Waals surface area (Å²) in [6.07, 6.45) is 7.82. The van der Waals surface area contributed by atoms with E-state index in [0.29, 0.717) is 11.3 Å². The molecule has 2 aliphatic heterocycles. The smallest absolute Gasteiger partial charge is 0.222 e. The van der Waals surface area contributed by atoms with Crippen molar-refractivity contribution in [3.05, 3.63) is 35.9 Å². The van der Waals surface area contributed by atoms with Gasteiger partial charge in [-0.05, 0) is 68.3 Å². The van der Waals surface area contributed by atoms with Crippen molar-refractivity contribution in [2.24, 2.45) is 5.41 Å². The summed E-state index contributed by atoms with van der Waals surface area (Å²) in [5, 5.41) is 0. The van der Waals surface area contributed by atoms with Gasteiger partial charge in [-0.25, -0.2) is 0 Å². The summed E-state index contributed by atoms with van der Waals surface area (Å²) in [4.78, 5) is 17.1. The Morgan fingerprint density at radius 3 is 2.58 bits per heavy atom. The molecule has 132 valence electrons. The van der Waals surface area contributed by atoms with E-state index in [1.807, 2.05) is 17.8 Å². The minimum atomic E-state index is 0.340. The van der Waals surface area contributed by atoms with E-state index in [1.54, 1.807) is 0 Å². The van der Waals surface area contributed by atoms with E-state index in [4.69, 9.17) is 0 Å². The summed E-state index contributed by atoms with van der Waals surface area (Å²) in [6, 6.07) is 10.4. The third-order valence-electron chi connectivity index (χ3n) is 5.70. The number of rotatable bonds is 6. The molecule has 3 nitrogen and oxygen atoms in total. The lowest BCUT2D eigenvalue weighted by atomic mass is 9.72. The maximum absolute atomic E-state index is 12.4. The highest BCUT2D eigenvalue weighted by atomic mass is 32.2. The lowest BCUT2D eigenvalue weighted by molar-refractivity contribution is -0.139. The fourth-order valence-electron chi connectivity index (χ4n) is 4.14. The van der Waals surface area contributed by atoms with Gasteiger partial charge in [0.05, 0.1) is 0 Å². The van der Waals surface area contributed by atoms with Gasteiger partial charge in [-0.3, -0.25) is 4.79 Å². The standard InChI is InChI=1S/C20H30N2OS/c1-24-15-5-12-21-13-10-20(11-14-21)9-8-19(23)22(17-20)16-18-6-3-2-4-7-18/h2-4,6-7H,5,8-17H2,1H3. The van der Waals surface area contributed by atoms with Crippen molar-refractivity contribution in [2.75, 3.05) is 38.2 Å². The Hall–Kier alpha value is -1.00. The predicted molar refractivity (Wildman–Crippen MR) is 102 cm³/mol. The fourth-order valence-corrected chi connectivity index (χ4v) is 4.56. The van der Waals surface area contributed by atoms with E-state index >= 15 is 0 Å². The van der Waals surface area contributed by atoms with Crippen molar-refractivity contribution >= 4 is 17.7 Å². The topological polar surface area (TPSA) is 23.6 Å². The minimum absolute atomic E-state index is 0.340. The molecule has 4 heteroatoms. The van der Waals surface area contributed by atoms with Gasteiger partial charge in [-0.1, -0.05) is 30.3 Å². The van der Waals surface area contributed by atoms with Gasteiger partial charge in [-0.15, -0.1) is 0 Å². The molecule has 0 bridgehead atoms. The van der Waals surface area contributed by atoms with Crippen LogP contribution in [0.3, 0.4) is 0 Å². The van der Waals surface area contributed by atoms with Gasteiger partial charge < -0.3 is 9.80 Å². The van der Waals surface area contributed by atoms with Crippen LogP contribution >= 0.6 is 11.8 Å². The molecular formula is C20H30N2OS. The molecule has 2 heterocycles. The van der Waals surface area contributed by atoms with Crippen LogP contribution in [0.2, 0.25) is 0 Å². The van der Waals surface area contributed by atoms with Crippen LogP contribution in [0.1, 0.15) is 37.7 Å². The predicted octanol–water partition coefficient (Wildman–Crippen LogP) is 3.64. The number of nitrogens with zero attached hydrogens (tertiary/aromatic N) is 2. The first kappa shape index (κ1) is 17.8. The average molecular weight is 347 g/mol. The lowest BCUT2D eigenvalue weighted by Crippen LogP contribution is -2.51. The Morgan fingerprint density at radius 1 is 1.12 bits per heavy atom. The molecule has 0 saturated carbocycles. The second kappa shape index (κ2) is 8.39. The Labute approximate surface area is 150 Å². The van der Waals surface area contributed by atoms with Crippen LogP contribution in [0.25, 0.3) is 0 Å². The number of thioether (sulfide) groups is 1. The van der Waals surface area contributed by atoms with Crippen LogP contribution in [-0.2, 0) is 11.3 Å². The molecule has 1 spiro atoms. The van der Waals surface area contributed by atoms with E-state index in [-0.39, 0.29) is 0 Å². The van der Waals surface area contributed by atoms with Gasteiger partial charge >= 0.3 is 0 Å². The number of carbonyl (C=O) groups excluding carboxylic acids is 1. The highest BCUT2D eigenvalue weighted by Gasteiger charge is 2.40. The number of carbonyl (C=O) groups is 1. The monoisotopic (exact) mass is 346 g/mol. The van der Waals surface area contributed by atoms with Crippen LogP contribution in [0, 0.1) is 5.41 Å². The summed E-state index contributed by atoms with van der Waals surface area (Å²) < 4.78 is 0. The van der Waals surface area contributed by atoms with Crippen LogP contribution < -0.4 is 0 Å². The molecule has 0 unspecified atom stereocenters. The Kier molecular flexibility index (Phi) is 6.23. The summed E-state index contributed by atoms with van der Waals surface area (Å²) in [7, 11) is 0. The highest BCUT2D eigenvalue weighted by Crippen LogP contribution is 2.40. The molecule has 24 heavy (non-hydrogen) atoms. The van der Waals surface area contributed by atoms with E-state index in [0.717, 1.165) is 25.9 Å². The molecule has 2 saturated heterocycles. The van der Waals surface area contributed by atoms with Crippen molar-refractivity contribution in [1.29, 1.82) is 0 Å². The third-order valence-corrected chi connectivity index (χ3v) is 6.40. The Morgan fingerprint density at radius 2 is 1.88 bits per heavy atom. The second-order valence-electron chi connectivity index (χ2n) is 7.42. The zero-order chi connectivity index (χ0) is 16.8. The maximum Gasteiger partial charge on any atom is 0.222 e. The van der Waals surface area contributed by atoms with Crippen LogP contribution in [0.5, 0.6) is 0 Å². The van der Waals surface area contributed by atoms with E-state index in [1.165, 1.54) is 50.2 Å². The first-order chi connectivity index (χ1) is 11.7. The quantitative estimate of drug-likeness (QED) is 0.735. The van der Waals surface area contributed by atoms with Gasteiger partial charge in [0.25, 0.3) is 0 Å². The second-order valence-corrected chi connectivity index (χ2v) is 8.41. The van der Waals surface area contributed by atoms with Gasteiger partial charge in [0.15, 0.2) is 0 Å². The normalized spacial score (nSPS) is 21.4. The first-order valence-electron chi connectivity index (χ1n) is 9.24. The molecular weight excluding hydrogens is 316 g/mol. The number of piperidine rings is 2. The largest absolute Gasteiger partial charge is 0.338 e. The SMILES string of the molecule is CSCCCN1CCC2(CCC(=O)N(Cc3ccccc3)C2)CC1. The van der Waals surface area contributed by atoms with Crippen LogP contribution in [0.4, 0.5) is 0 Å². The van der Waals surface area contributed by atoms with Crippen molar-refractivity contribution in [3.8, 4) is 0 Å². The molecule has 2 fully saturated rings. The molecule has 0 radical (unpaired) electrons. The highest BCUT2D eigenvalue weighted by molar-refractivity contribution is 7.98. The molecule has 0 atom stereocenters. The number of amides is 1. The number of hydrogen-bond acceptors (Lipinski definition) is 3. The van der Waals surface area contributed by atoms with Gasteiger partial charge in [0.1, 0.15) is 0 Å². The van der Waals surface area contributed by atoms with Crippen molar-refractivity contribution in [2.45, 2.75) is 38.6 Å². The molecule has 0 N–H and O–H groups in total. The lowest BCUT2D eigenvalue weighted by Gasteiger charge is -2.47. The molecule has 1 aromatic carbocycles. The number of likely N-dealkylation sites (tertiary alicyclic amines) is 2. The van der Waals surface area contributed by atoms with E-state index in [9.17, 15) is 4.79 Å². The number of hydrogen-bond donors (Lipinski definition) is 0. The average Bonchev–Trinajstić information content (AvgIpc) is 2.61. The summed E-state index contributed by atoms with van der Waals surface area (Å²) in [5.74, 6) is 1.60. The van der Waals surface area contributed by atoms with Crippen molar-refractivity contribution in [1.82, 2.24) is 9.80 Å². The molecule has 1 aromatic rings. The molecule has 3 rings (SSSR count).